The highest BCUT2D eigenvalue weighted by Crippen LogP contribution is 2.23. The Morgan fingerprint density at radius 2 is 1.62 bits per heavy atom. The second-order valence-electron chi connectivity index (χ2n) is 6.85. The second-order valence-corrected chi connectivity index (χ2v) is 7.29. The summed E-state index contributed by atoms with van der Waals surface area (Å²) in [4.78, 5) is 14.9. The minimum atomic E-state index is -0.679. The smallest absolute Gasteiger partial charge is 0.241 e. The average Bonchev–Trinajstić information content (AvgIpc) is 2.70. The van der Waals surface area contributed by atoms with Crippen molar-refractivity contribution in [3.05, 3.63) is 70.2 Å². The standard InChI is InChI=1S/C21H26ClN3O2.2ClH/c1-15-2-4-17(5-3-15)20(23)21(26)24-14-19(25-10-12-27-13-11-25)16-6-8-18(22)9-7-16;;/h2-9,19-20H,10-14,23H2,1H3,(H,24,26);2*1H. The average molecular weight is 461 g/mol. The molecule has 2 unspecified atom stereocenters. The van der Waals surface area contributed by atoms with Crippen molar-refractivity contribution in [1.29, 1.82) is 0 Å². The van der Waals surface area contributed by atoms with Gasteiger partial charge in [0.2, 0.25) is 5.91 Å². The summed E-state index contributed by atoms with van der Waals surface area (Å²) in [5, 5.41) is 3.73. The largest absolute Gasteiger partial charge is 0.379 e. The molecule has 160 valence electrons. The number of ether oxygens (including phenoxy) is 1. The Balaban J connectivity index is 0.00000210. The van der Waals surface area contributed by atoms with Crippen LogP contribution in [0.3, 0.4) is 0 Å². The molecule has 8 heteroatoms. The van der Waals surface area contributed by atoms with Crippen molar-refractivity contribution in [2.75, 3.05) is 32.8 Å². The van der Waals surface area contributed by atoms with Crippen molar-refractivity contribution in [2.24, 2.45) is 5.73 Å². The minimum absolute atomic E-state index is 0. The first-order chi connectivity index (χ1) is 13.0. The lowest BCUT2D eigenvalue weighted by atomic mass is 10.0. The van der Waals surface area contributed by atoms with E-state index in [1.54, 1.807) is 0 Å². The van der Waals surface area contributed by atoms with Gasteiger partial charge in [0, 0.05) is 24.7 Å². The number of rotatable bonds is 6. The highest BCUT2D eigenvalue weighted by Gasteiger charge is 2.24. The number of aryl methyl sites for hydroxylation is 1. The lowest BCUT2D eigenvalue weighted by molar-refractivity contribution is -0.122. The third kappa shape index (κ3) is 7.14. The molecule has 3 rings (SSSR count). The fourth-order valence-corrected chi connectivity index (χ4v) is 3.39. The molecule has 29 heavy (non-hydrogen) atoms. The SMILES string of the molecule is Cc1ccc(C(N)C(=O)NCC(c2ccc(Cl)cc2)N2CCOCC2)cc1.Cl.Cl. The number of carbonyl (C=O) groups excluding carboxylic acids is 1. The summed E-state index contributed by atoms with van der Waals surface area (Å²) >= 11 is 6.03. The van der Waals surface area contributed by atoms with Gasteiger partial charge in [0.05, 0.1) is 19.3 Å². The van der Waals surface area contributed by atoms with Crippen LogP contribution < -0.4 is 11.1 Å². The third-order valence-corrected chi connectivity index (χ3v) is 5.18. The summed E-state index contributed by atoms with van der Waals surface area (Å²) in [5.41, 5.74) is 9.22. The van der Waals surface area contributed by atoms with E-state index in [1.807, 2.05) is 55.5 Å². The molecule has 0 aliphatic carbocycles. The Labute approximate surface area is 189 Å². The van der Waals surface area contributed by atoms with Gasteiger partial charge in [0.15, 0.2) is 0 Å². The molecule has 2 atom stereocenters. The van der Waals surface area contributed by atoms with Crippen LogP contribution >= 0.6 is 36.4 Å². The predicted octanol–water partition coefficient (Wildman–Crippen LogP) is 3.68. The quantitative estimate of drug-likeness (QED) is 0.690. The van der Waals surface area contributed by atoms with E-state index in [9.17, 15) is 4.79 Å². The molecule has 5 nitrogen and oxygen atoms in total. The molecule has 3 N–H and O–H groups in total. The van der Waals surface area contributed by atoms with Crippen LogP contribution in [0.4, 0.5) is 0 Å². The predicted molar refractivity (Wildman–Crippen MR) is 122 cm³/mol. The number of morpholine rings is 1. The van der Waals surface area contributed by atoms with Crippen molar-refractivity contribution in [3.63, 3.8) is 0 Å². The summed E-state index contributed by atoms with van der Waals surface area (Å²) in [7, 11) is 0. The fraction of sp³-hybridized carbons (Fsp3) is 0.381. The Morgan fingerprint density at radius 3 is 2.21 bits per heavy atom. The molecular formula is C21H28Cl3N3O2. The zero-order valence-corrected chi connectivity index (χ0v) is 18.7. The van der Waals surface area contributed by atoms with Crippen LogP contribution in [0.25, 0.3) is 0 Å². The lowest BCUT2D eigenvalue weighted by Gasteiger charge is -2.35. The van der Waals surface area contributed by atoms with Crippen molar-refractivity contribution in [2.45, 2.75) is 19.0 Å². The van der Waals surface area contributed by atoms with Crippen LogP contribution in [-0.2, 0) is 9.53 Å². The molecule has 2 aromatic rings. The van der Waals surface area contributed by atoms with Gasteiger partial charge in [0.25, 0.3) is 0 Å². The molecule has 1 aliphatic heterocycles. The summed E-state index contributed by atoms with van der Waals surface area (Å²) in [6.07, 6.45) is 0. The first-order valence-corrected chi connectivity index (χ1v) is 9.59. The Morgan fingerprint density at radius 1 is 1.07 bits per heavy atom. The van der Waals surface area contributed by atoms with E-state index in [-0.39, 0.29) is 36.8 Å². The van der Waals surface area contributed by atoms with E-state index in [1.165, 1.54) is 0 Å². The molecule has 0 aromatic heterocycles. The molecule has 1 saturated heterocycles. The maximum Gasteiger partial charge on any atom is 0.241 e. The van der Waals surface area contributed by atoms with Gasteiger partial charge in [-0.05, 0) is 30.2 Å². The van der Waals surface area contributed by atoms with Gasteiger partial charge in [-0.15, -0.1) is 24.8 Å². The van der Waals surface area contributed by atoms with Gasteiger partial charge in [-0.1, -0.05) is 53.6 Å². The van der Waals surface area contributed by atoms with E-state index < -0.39 is 6.04 Å². The summed E-state index contributed by atoms with van der Waals surface area (Å²) in [6.45, 7) is 5.54. The molecule has 2 aromatic carbocycles. The fourth-order valence-electron chi connectivity index (χ4n) is 3.26. The first kappa shape index (κ1) is 25.7. The molecular weight excluding hydrogens is 433 g/mol. The summed E-state index contributed by atoms with van der Waals surface area (Å²) < 4.78 is 5.47. The molecule has 0 bridgehead atoms. The molecule has 1 fully saturated rings. The topological polar surface area (TPSA) is 67.6 Å². The number of hydrogen-bond acceptors (Lipinski definition) is 4. The van der Waals surface area contributed by atoms with Crippen molar-refractivity contribution in [1.82, 2.24) is 10.2 Å². The first-order valence-electron chi connectivity index (χ1n) is 9.22. The Bertz CT molecular complexity index is 751. The zero-order chi connectivity index (χ0) is 19.2. The van der Waals surface area contributed by atoms with E-state index in [4.69, 9.17) is 22.1 Å². The van der Waals surface area contributed by atoms with Crippen LogP contribution in [0, 0.1) is 6.92 Å². The van der Waals surface area contributed by atoms with Gasteiger partial charge >= 0.3 is 0 Å². The van der Waals surface area contributed by atoms with Crippen LogP contribution in [0.15, 0.2) is 48.5 Å². The maximum absolute atomic E-state index is 12.6. The molecule has 0 radical (unpaired) electrons. The van der Waals surface area contributed by atoms with Gasteiger partial charge < -0.3 is 15.8 Å². The van der Waals surface area contributed by atoms with Crippen LogP contribution in [-0.4, -0.2) is 43.7 Å². The number of benzene rings is 2. The van der Waals surface area contributed by atoms with Crippen molar-refractivity contribution < 1.29 is 9.53 Å². The maximum atomic E-state index is 12.6. The third-order valence-electron chi connectivity index (χ3n) is 4.93. The molecule has 1 heterocycles. The van der Waals surface area contributed by atoms with E-state index in [0.29, 0.717) is 24.8 Å². The highest BCUT2D eigenvalue weighted by atomic mass is 35.5. The van der Waals surface area contributed by atoms with Gasteiger partial charge in [-0.2, -0.15) is 0 Å². The number of nitrogens with one attached hydrogen (secondary N) is 1. The van der Waals surface area contributed by atoms with Crippen LogP contribution in [0.2, 0.25) is 5.02 Å². The van der Waals surface area contributed by atoms with Crippen molar-refractivity contribution in [3.8, 4) is 0 Å². The number of carbonyl (C=O) groups is 1. The van der Waals surface area contributed by atoms with Crippen LogP contribution in [0.1, 0.15) is 28.8 Å². The zero-order valence-electron chi connectivity index (χ0n) is 16.3. The Hall–Kier alpha value is -1.34. The monoisotopic (exact) mass is 459 g/mol. The molecule has 0 spiro atoms. The van der Waals surface area contributed by atoms with Gasteiger partial charge in [0.1, 0.15) is 6.04 Å². The molecule has 1 aliphatic rings. The number of nitrogens with zero attached hydrogens (tertiary/aromatic N) is 1. The van der Waals surface area contributed by atoms with E-state index in [0.717, 1.165) is 29.8 Å². The Kier molecular flexibility index (Phi) is 11.0. The number of hydrogen-bond donors (Lipinski definition) is 2. The number of amides is 1. The normalized spacial score (nSPS) is 16.1. The van der Waals surface area contributed by atoms with Gasteiger partial charge in [-0.3, -0.25) is 9.69 Å². The number of halogens is 3. The van der Waals surface area contributed by atoms with E-state index >= 15 is 0 Å². The number of nitrogens with two attached hydrogens (primary N) is 1. The van der Waals surface area contributed by atoms with Gasteiger partial charge in [-0.25, -0.2) is 0 Å². The van der Waals surface area contributed by atoms with Crippen LogP contribution in [0.5, 0.6) is 0 Å². The highest BCUT2D eigenvalue weighted by molar-refractivity contribution is 6.30. The summed E-state index contributed by atoms with van der Waals surface area (Å²) in [5.74, 6) is -0.175. The van der Waals surface area contributed by atoms with Crippen molar-refractivity contribution >= 4 is 42.3 Å². The molecule has 1 amide bonds. The molecule has 0 saturated carbocycles. The summed E-state index contributed by atoms with van der Waals surface area (Å²) in [6, 6.07) is 14.9. The lowest BCUT2D eigenvalue weighted by Crippen LogP contribution is -2.45. The minimum Gasteiger partial charge on any atom is -0.379 e. The van der Waals surface area contributed by atoms with E-state index in [2.05, 4.69) is 10.2 Å². The second kappa shape index (κ2) is 12.4.